The minimum atomic E-state index is 0.426. The number of anilines is 1. The van der Waals surface area contributed by atoms with Gasteiger partial charge < -0.3 is 10.1 Å². The first-order chi connectivity index (χ1) is 10.4. The Morgan fingerprint density at radius 2 is 2.10 bits per heavy atom. The number of ether oxygens (including phenoxy) is 1. The fourth-order valence-corrected chi connectivity index (χ4v) is 1.91. The molecule has 21 heavy (non-hydrogen) atoms. The molecule has 2 N–H and O–H groups in total. The molecular weight excluding hydrogens is 266 g/mol. The van der Waals surface area contributed by atoms with E-state index in [2.05, 4.69) is 25.5 Å². The number of hydrogen-bond acceptors (Lipinski definition) is 5. The Morgan fingerprint density at radius 1 is 1.24 bits per heavy atom. The van der Waals surface area contributed by atoms with E-state index in [0.29, 0.717) is 24.1 Å². The van der Waals surface area contributed by atoms with Gasteiger partial charge in [-0.1, -0.05) is 36.4 Å². The van der Waals surface area contributed by atoms with Gasteiger partial charge in [0.05, 0.1) is 6.20 Å². The monoisotopic (exact) mass is 281 g/mol. The number of hydrogen-bond donors (Lipinski definition) is 2. The van der Waals surface area contributed by atoms with Crippen molar-refractivity contribution >= 4 is 23.1 Å². The molecule has 0 aliphatic rings. The van der Waals surface area contributed by atoms with E-state index in [1.807, 2.05) is 42.5 Å². The van der Waals surface area contributed by atoms with Gasteiger partial charge in [-0.2, -0.15) is 15.1 Å². The van der Waals surface area contributed by atoms with Crippen LogP contribution in [-0.4, -0.2) is 33.8 Å². The molecule has 106 valence electrons. The first-order valence-electron chi connectivity index (χ1n) is 6.60. The van der Waals surface area contributed by atoms with Crippen LogP contribution in [0.4, 0.5) is 5.95 Å². The summed E-state index contributed by atoms with van der Waals surface area (Å²) in [5.74, 6) is 1.00. The highest BCUT2D eigenvalue weighted by Crippen LogP contribution is 2.21. The molecule has 0 amide bonds. The zero-order chi connectivity index (χ0) is 14.5. The Bertz CT molecular complexity index is 751. The van der Waals surface area contributed by atoms with E-state index in [4.69, 9.17) is 4.74 Å². The van der Waals surface area contributed by atoms with Gasteiger partial charge in [-0.15, -0.1) is 0 Å². The van der Waals surface area contributed by atoms with Gasteiger partial charge in [0.1, 0.15) is 12.0 Å². The van der Waals surface area contributed by atoms with Gasteiger partial charge in [-0.25, -0.2) is 0 Å². The number of aromatic nitrogens is 4. The average Bonchev–Trinajstić information content (AvgIpc) is 3.00. The highest BCUT2D eigenvalue weighted by atomic mass is 16.5. The van der Waals surface area contributed by atoms with Gasteiger partial charge in [-0.05, 0) is 11.6 Å². The van der Waals surface area contributed by atoms with E-state index in [1.165, 1.54) is 0 Å². The van der Waals surface area contributed by atoms with E-state index in [1.54, 1.807) is 13.2 Å². The minimum absolute atomic E-state index is 0.426. The van der Waals surface area contributed by atoms with Gasteiger partial charge in [0.15, 0.2) is 5.65 Å². The minimum Gasteiger partial charge on any atom is -0.473 e. The summed E-state index contributed by atoms with van der Waals surface area (Å²) in [5.41, 5.74) is 1.78. The third-order valence-electron chi connectivity index (χ3n) is 2.92. The molecule has 6 nitrogen and oxygen atoms in total. The summed E-state index contributed by atoms with van der Waals surface area (Å²) >= 11 is 0. The maximum atomic E-state index is 5.70. The van der Waals surface area contributed by atoms with Crippen LogP contribution in [0.15, 0.2) is 42.6 Å². The van der Waals surface area contributed by atoms with Crippen molar-refractivity contribution in [1.29, 1.82) is 0 Å². The van der Waals surface area contributed by atoms with E-state index < -0.39 is 0 Å². The van der Waals surface area contributed by atoms with Crippen molar-refractivity contribution in [2.75, 3.05) is 19.0 Å². The number of fused-ring (bicyclic) bond motifs is 1. The molecule has 0 atom stereocenters. The van der Waals surface area contributed by atoms with Crippen LogP contribution in [0.1, 0.15) is 5.56 Å². The molecule has 0 fully saturated rings. The maximum Gasteiger partial charge on any atom is 0.229 e. The quantitative estimate of drug-likeness (QED) is 0.751. The Balaban J connectivity index is 1.73. The van der Waals surface area contributed by atoms with Crippen molar-refractivity contribution in [1.82, 2.24) is 20.2 Å². The van der Waals surface area contributed by atoms with Crippen LogP contribution < -0.4 is 10.1 Å². The first kappa shape index (κ1) is 13.1. The molecular formula is C15H15N5O. The lowest BCUT2D eigenvalue weighted by molar-refractivity contribution is 0.354. The second kappa shape index (κ2) is 6.04. The van der Waals surface area contributed by atoms with Crippen molar-refractivity contribution < 1.29 is 4.74 Å². The van der Waals surface area contributed by atoms with Crippen LogP contribution in [0.2, 0.25) is 0 Å². The smallest absolute Gasteiger partial charge is 0.229 e. The Labute approximate surface area is 121 Å². The molecule has 0 saturated heterocycles. The van der Waals surface area contributed by atoms with Crippen molar-refractivity contribution in [3.63, 3.8) is 0 Å². The van der Waals surface area contributed by atoms with Crippen LogP contribution >= 0.6 is 0 Å². The number of nitrogens with one attached hydrogen (secondary N) is 2. The Hall–Kier alpha value is -2.89. The SMILES string of the molecule is CNc1nc(OC/C=C/c2ccccc2)c2cn[nH]c2n1. The molecule has 0 saturated carbocycles. The van der Waals surface area contributed by atoms with Crippen LogP contribution in [0.5, 0.6) is 5.88 Å². The molecule has 2 heterocycles. The topological polar surface area (TPSA) is 75.7 Å². The van der Waals surface area contributed by atoms with E-state index in [9.17, 15) is 0 Å². The van der Waals surface area contributed by atoms with Crippen LogP contribution in [0.3, 0.4) is 0 Å². The van der Waals surface area contributed by atoms with Crippen molar-refractivity contribution in [3.05, 3.63) is 48.2 Å². The van der Waals surface area contributed by atoms with Gasteiger partial charge in [0.25, 0.3) is 0 Å². The van der Waals surface area contributed by atoms with Crippen LogP contribution in [0.25, 0.3) is 17.1 Å². The van der Waals surface area contributed by atoms with E-state index >= 15 is 0 Å². The normalized spacial score (nSPS) is 11.1. The molecule has 2 aromatic heterocycles. The molecule has 3 aromatic rings. The molecule has 0 aliphatic heterocycles. The molecule has 0 radical (unpaired) electrons. The molecule has 1 aromatic carbocycles. The maximum absolute atomic E-state index is 5.70. The fraction of sp³-hybridized carbons (Fsp3) is 0.133. The molecule has 0 spiro atoms. The molecule has 6 heteroatoms. The zero-order valence-electron chi connectivity index (χ0n) is 11.6. The van der Waals surface area contributed by atoms with Crippen molar-refractivity contribution in [2.24, 2.45) is 0 Å². The first-order valence-corrected chi connectivity index (χ1v) is 6.60. The number of H-pyrrole nitrogens is 1. The lowest BCUT2D eigenvalue weighted by Gasteiger charge is -2.05. The standard InChI is InChI=1S/C15H15N5O/c1-16-15-18-13-12(10-17-20-13)14(19-15)21-9-5-8-11-6-3-2-4-7-11/h2-8,10H,9H2,1H3,(H2,16,17,18,19,20)/b8-5+. The summed E-state index contributed by atoms with van der Waals surface area (Å²) in [6.07, 6.45) is 5.61. The third-order valence-corrected chi connectivity index (χ3v) is 2.92. The molecule has 0 aliphatic carbocycles. The lowest BCUT2D eigenvalue weighted by Crippen LogP contribution is -2.01. The summed E-state index contributed by atoms with van der Waals surface area (Å²) in [6.45, 7) is 0.426. The third kappa shape index (κ3) is 3.00. The Morgan fingerprint density at radius 3 is 2.90 bits per heavy atom. The largest absolute Gasteiger partial charge is 0.473 e. The number of benzene rings is 1. The van der Waals surface area contributed by atoms with Crippen molar-refractivity contribution in [2.45, 2.75) is 0 Å². The average molecular weight is 281 g/mol. The predicted molar refractivity (Wildman–Crippen MR) is 82.2 cm³/mol. The molecule has 0 unspecified atom stereocenters. The second-order valence-corrected chi connectivity index (χ2v) is 4.36. The van der Waals surface area contributed by atoms with Gasteiger partial charge in [0.2, 0.25) is 11.8 Å². The summed E-state index contributed by atoms with van der Waals surface area (Å²) in [6, 6.07) is 10.1. The van der Waals surface area contributed by atoms with E-state index in [0.717, 1.165) is 10.9 Å². The van der Waals surface area contributed by atoms with Gasteiger partial charge in [-0.3, -0.25) is 5.10 Å². The lowest BCUT2D eigenvalue weighted by atomic mass is 10.2. The molecule has 0 bridgehead atoms. The van der Waals surface area contributed by atoms with E-state index in [-0.39, 0.29) is 0 Å². The molecule has 3 rings (SSSR count). The van der Waals surface area contributed by atoms with Gasteiger partial charge >= 0.3 is 0 Å². The highest BCUT2D eigenvalue weighted by molar-refractivity contribution is 5.80. The highest BCUT2D eigenvalue weighted by Gasteiger charge is 2.09. The summed E-state index contributed by atoms with van der Waals surface area (Å²) in [4.78, 5) is 8.55. The van der Waals surface area contributed by atoms with Crippen LogP contribution in [-0.2, 0) is 0 Å². The predicted octanol–water partition coefficient (Wildman–Crippen LogP) is 2.49. The number of aromatic amines is 1. The van der Waals surface area contributed by atoms with Crippen LogP contribution in [0, 0.1) is 0 Å². The summed E-state index contributed by atoms with van der Waals surface area (Å²) < 4.78 is 5.70. The summed E-state index contributed by atoms with van der Waals surface area (Å²) in [5, 5.41) is 10.4. The van der Waals surface area contributed by atoms with Crippen molar-refractivity contribution in [3.8, 4) is 5.88 Å². The number of nitrogens with zero attached hydrogens (tertiary/aromatic N) is 3. The zero-order valence-corrected chi connectivity index (χ0v) is 11.6. The fourth-order valence-electron chi connectivity index (χ4n) is 1.91. The number of rotatable bonds is 5. The summed E-state index contributed by atoms with van der Waals surface area (Å²) in [7, 11) is 1.76. The second-order valence-electron chi connectivity index (χ2n) is 4.36. The van der Waals surface area contributed by atoms with Gasteiger partial charge in [0, 0.05) is 7.05 Å². The Kier molecular flexibility index (Phi) is 3.77.